The van der Waals surface area contributed by atoms with Crippen molar-refractivity contribution in [2.75, 3.05) is 19.7 Å². The molecule has 0 bridgehead atoms. The number of likely N-dealkylation sites (tertiary alicyclic amines) is 1. The fraction of sp³-hybridized carbons (Fsp3) is 0.550. The highest BCUT2D eigenvalue weighted by Gasteiger charge is 2.48. The molecule has 6 nitrogen and oxygen atoms in total. The maximum atomic E-state index is 13.6. The van der Waals surface area contributed by atoms with Crippen molar-refractivity contribution in [3.8, 4) is 0 Å². The number of nitrogens with one attached hydrogen (secondary N) is 1. The summed E-state index contributed by atoms with van der Waals surface area (Å²) in [7, 11) is 0. The predicted molar refractivity (Wildman–Crippen MR) is 97.8 cm³/mol. The Morgan fingerprint density at radius 2 is 2.11 bits per heavy atom. The number of aliphatic hydroxyl groups excluding tert-OH is 2. The Balaban J connectivity index is 1.46. The number of halogens is 1. The first kappa shape index (κ1) is 18.4. The molecule has 2 fully saturated rings. The van der Waals surface area contributed by atoms with Crippen LogP contribution in [-0.2, 0) is 16.0 Å². The molecule has 2 saturated heterocycles. The molecule has 0 unspecified atom stereocenters. The van der Waals surface area contributed by atoms with Gasteiger partial charge in [0.05, 0.1) is 24.7 Å². The second-order valence-electron chi connectivity index (χ2n) is 7.69. The highest BCUT2D eigenvalue weighted by atomic mass is 19.1. The molecule has 1 aromatic heterocycles. The molecule has 1 amide bonds. The Labute approximate surface area is 156 Å². The third kappa shape index (κ3) is 3.24. The molecule has 27 heavy (non-hydrogen) atoms. The number of fused-ring (bicyclic) bond motifs is 1. The SMILES string of the molecule is Cc1[nH]c2ccc(F)cc2c1CC(=O)N1CCC2(CC1)OCC[C@H](O)[C@@H]2O. The first-order valence-corrected chi connectivity index (χ1v) is 9.44. The molecule has 0 radical (unpaired) electrons. The molecule has 2 aliphatic heterocycles. The number of hydrogen-bond donors (Lipinski definition) is 3. The van der Waals surface area contributed by atoms with Crippen molar-refractivity contribution >= 4 is 16.8 Å². The molecule has 0 aliphatic carbocycles. The lowest BCUT2D eigenvalue weighted by Crippen LogP contribution is -2.60. The lowest BCUT2D eigenvalue weighted by atomic mass is 9.80. The van der Waals surface area contributed by atoms with Gasteiger partial charge < -0.3 is 24.8 Å². The molecule has 2 aromatic rings. The number of rotatable bonds is 2. The predicted octanol–water partition coefficient (Wildman–Crippen LogP) is 1.66. The number of nitrogens with zero attached hydrogens (tertiary/aromatic N) is 1. The number of aryl methyl sites for hydroxylation is 1. The van der Waals surface area contributed by atoms with E-state index in [1.54, 1.807) is 11.0 Å². The van der Waals surface area contributed by atoms with Crippen molar-refractivity contribution in [1.82, 2.24) is 9.88 Å². The zero-order chi connectivity index (χ0) is 19.2. The molecule has 2 atom stereocenters. The number of carbonyl (C=O) groups excluding carboxylic acids is 1. The Kier molecular flexibility index (Phi) is 4.70. The number of aromatic nitrogens is 1. The molecule has 3 heterocycles. The zero-order valence-corrected chi connectivity index (χ0v) is 15.4. The van der Waals surface area contributed by atoms with Gasteiger partial charge in [0, 0.05) is 29.7 Å². The van der Waals surface area contributed by atoms with Crippen LogP contribution in [0.25, 0.3) is 10.9 Å². The number of benzene rings is 1. The summed E-state index contributed by atoms with van der Waals surface area (Å²) >= 11 is 0. The lowest BCUT2D eigenvalue weighted by Gasteiger charge is -2.48. The Morgan fingerprint density at radius 3 is 2.85 bits per heavy atom. The van der Waals surface area contributed by atoms with Gasteiger partial charge in [-0.2, -0.15) is 0 Å². The summed E-state index contributed by atoms with van der Waals surface area (Å²) in [5.74, 6) is -0.346. The molecular formula is C20H25FN2O4. The van der Waals surface area contributed by atoms with E-state index < -0.39 is 17.8 Å². The number of ether oxygens (including phenoxy) is 1. The summed E-state index contributed by atoms with van der Waals surface area (Å²) in [6.07, 6.45) is -0.0557. The Bertz CT molecular complexity index is 857. The standard InChI is InChI=1S/C20H25FN2O4/c1-12-14(15-10-13(21)2-3-16(15)22-12)11-18(25)23-7-5-20(6-8-23)19(26)17(24)4-9-27-20/h2-3,10,17,19,22,24,26H,4-9,11H2,1H3/t17-,19-/m0/s1. The quantitative estimate of drug-likeness (QED) is 0.744. The summed E-state index contributed by atoms with van der Waals surface area (Å²) in [6, 6.07) is 4.54. The smallest absolute Gasteiger partial charge is 0.227 e. The van der Waals surface area contributed by atoms with Crippen LogP contribution in [0.1, 0.15) is 30.5 Å². The number of H-pyrrole nitrogens is 1. The number of amides is 1. The molecule has 1 aromatic carbocycles. The van der Waals surface area contributed by atoms with E-state index in [0.29, 0.717) is 39.0 Å². The van der Waals surface area contributed by atoms with Crippen molar-refractivity contribution in [3.63, 3.8) is 0 Å². The third-order valence-corrected chi connectivity index (χ3v) is 6.08. The average molecular weight is 376 g/mol. The van der Waals surface area contributed by atoms with Gasteiger partial charge in [-0.25, -0.2) is 4.39 Å². The highest BCUT2D eigenvalue weighted by molar-refractivity contribution is 5.90. The van der Waals surface area contributed by atoms with Crippen molar-refractivity contribution in [2.45, 2.75) is 50.4 Å². The topological polar surface area (TPSA) is 85.8 Å². The van der Waals surface area contributed by atoms with E-state index in [9.17, 15) is 19.4 Å². The van der Waals surface area contributed by atoms with Crippen LogP contribution in [-0.4, -0.2) is 63.5 Å². The van der Waals surface area contributed by atoms with E-state index in [1.807, 2.05) is 6.92 Å². The fourth-order valence-corrected chi connectivity index (χ4v) is 4.40. The minimum Gasteiger partial charge on any atom is -0.390 e. The van der Waals surface area contributed by atoms with E-state index in [2.05, 4.69) is 4.98 Å². The van der Waals surface area contributed by atoms with E-state index in [-0.39, 0.29) is 18.1 Å². The zero-order valence-electron chi connectivity index (χ0n) is 15.4. The number of aliphatic hydroxyl groups is 2. The van der Waals surface area contributed by atoms with Crippen LogP contribution in [0.4, 0.5) is 4.39 Å². The maximum absolute atomic E-state index is 13.6. The molecule has 3 N–H and O–H groups in total. The van der Waals surface area contributed by atoms with Crippen molar-refractivity contribution in [2.24, 2.45) is 0 Å². The minimum absolute atomic E-state index is 0.0241. The minimum atomic E-state index is -0.915. The molecule has 1 spiro atoms. The van der Waals surface area contributed by atoms with Gasteiger partial charge in [0.25, 0.3) is 0 Å². The van der Waals surface area contributed by atoms with E-state index >= 15 is 0 Å². The van der Waals surface area contributed by atoms with Crippen LogP contribution in [0.2, 0.25) is 0 Å². The van der Waals surface area contributed by atoms with Gasteiger partial charge in [0.2, 0.25) is 5.91 Å². The molecule has 0 saturated carbocycles. The second-order valence-corrected chi connectivity index (χ2v) is 7.69. The third-order valence-electron chi connectivity index (χ3n) is 6.08. The normalized spacial score (nSPS) is 25.3. The summed E-state index contributed by atoms with van der Waals surface area (Å²) in [6.45, 7) is 3.25. The van der Waals surface area contributed by atoms with Crippen LogP contribution < -0.4 is 0 Å². The Hall–Kier alpha value is -1.96. The number of aromatic amines is 1. The fourth-order valence-electron chi connectivity index (χ4n) is 4.40. The van der Waals surface area contributed by atoms with Gasteiger partial charge in [-0.3, -0.25) is 4.79 Å². The van der Waals surface area contributed by atoms with Crippen molar-refractivity contribution in [1.29, 1.82) is 0 Å². The summed E-state index contributed by atoms with van der Waals surface area (Å²) in [4.78, 5) is 17.8. The first-order chi connectivity index (χ1) is 12.9. The maximum Gasteiger partial charge on any atom is 0.227 e. The highest BCUT2D eigenvalue weighted by Crippen LogP contribution is 2.35. The summed E-state index contributed by atoms with van der Waals surface area (Å²) < 4.78 is 19.4. The number of hydrogen-bond acceptors (Lipinski definition) is 4. The lowest BCUT2D eigenvalue weighted by molar-refractivity contribution is -0.214. The molecule has 2 aliphatic rings. The monoisotopic (exact) mass is 376 g/mol. The van der Waals surface area contributed by atoms with E-state index in [4.69, 9.17) is 4.74 Å². The number of carbonyl (C=O) groups is 1. The van der Waals surface area contributed by atoms with Gasteiger partial charge >= 0.3 is 0 Å². The van der Waals surface area contributed by atoms with Crippen molar-refractivity contribution in [3.05, 3.63) is 35.3 Å². The van der Waals surface area contributed by atoms with Crippen LogP contribution in [0, 0.1) is 12.7 Å². The summed E-state index contributed by atoms with van der Waals surface area (Å²) in [5, 5.41) is 21.0. The van der Waals surface area contributed by atoms with E-state index in [0.717, 1.165) is 22.2 Å². The van der Waals surface area contributed by atoms with Gasteiger partial charge in [-0.1, -0.05) is 0 Å². The second kappa shape index (κ2) is 6.89. The van der Waals surface area contributed by atoms with Gasteiger partial charge in [0.15, 0.2) is 0 Å². The average Bonchev–Trinajstić information content (AvgIpc) is 2.95. The molecule has 146 valence electrons. The number of piperidine rings is 1. The van der Waals surface area contributed by atoms with Crippen LogP contribution in [0.5, 0.6) is 0 Å². The van der Waals surface area contributed by atoms with Crippen molar-refractivity contribution < 1.29 is 24.1 Å². The van der Waals surface area contributed by atoms with Crippen LogP contribution >= 0.6 is 0 Å². The summed E-state index contributed by atoms with van der Waals surface area (Å²) in [5.41, 5.74) is 1.75. The van der Waals surface area contributed by atoms with Gasteiger partial charge in [-0.05, 0) is 49.9 Å². The molecular weight excluding hydrogens is 351 g/mol. The van der Waals surface area contributed by atoms with Gasteiger partial charge in [0.1, 0.15) is 11.9 Å². The van der Waals surface area contributed by atoms with E-state index in [1.165, 1.54) is 12.1 Å². The Morgan fingerprint density at radius 1 is 1.37 bits per heavy atom. The molecule has 4 rings (SSSR count). The van der Waals surface area contributed by atoms with Crippen LogP contribution in [0.15, 0.2) is 18.2 Å². The largest absolute Gasteiger partial charge is 0.390 e. The van der Waals surface area contributed by atoms with Gasteiger partial charge in [-0.15, -0.1) is 0 Å². The molecule has 7 heteroatoms. The van der Waals surface area contributed by atoms with Crippen LogP contribution in [0.3, 0.4) is 0 Å². The first-order valence-electron chi connectivity index (χ1n) is 9.44.